The van der Waals surface area contributed by atoms with Crippen LogP contribution in [0.3, 0.4) is 0 Å². The molecule has 1 aliphatic rings. The molecule has 1 aromatic rings. The van der Waals surface area contributed by atoms with Crippen LogP contribution in [-0.2, 0) is 11.2 Å². The lowest BCUT2D eigenvalue weighted by atomic mass is 10.0. The lowest BCUT2D eigenvalue weighted by Gasteiger charge is -2.12. The van der Waals surface area contributed by atoms with Crippen LogP contribution >= 0.6 is 0 Å². The van der Waals surface area contributed by atoms with Gasteiger partial charge >= 0.3 is 0 Å². The number of aromatic amines is 1. The van der Waals surface area contributed by atoms with Gasteiger partial charge < -0.3 is 10.0 Å². The predicted octanol–water partition coefficient (Wildman–Crippen LogP) is 0.280. The van der Waals surface area contributed by atoms with Gasteiger partial charge in [0, 0.05) is 44.7 Å². The minimum Gasteiger partial charge on any atom is -0.396 e. The molecule has 1 aliphatic heterocycles. The van der Waals surface area contributed by atoms with Gasteiger partial charge in [0.25, 0.3) is 0 Å². The van der Waals surface area contributed by atoms with E-state index in [9.17, 15) is 4.79 Å². The highest BCUT2D eigenvalue weighted by Gasteiger charge is 2.26. The van der Waals surface area contributed by atoms with E-state index in [-0.39, 0.29) is 12.5 Å². The Bertz CT molecular complexity index is 375. The van der Waals surface area contributed by atoms with E-state index < -0.39 is 0 Å². The molecular weight excluding hydrogens is 206 g/mol. The number of amides is 1. The SMILES string of the molecule is CC(=O)N1CCC(c2cc(CCO)[nH]n2)C1. The number of aliphatic hydroxyl groups is 1. The van der Waals surface area contributed by atoms with Gasteiger partial charge in [0.2, 0.25) is 5.91 Å². The molecule has 1 amide bonds. The maximum absolute atomic E-state index is 11.2. The maximum Gasteiger partial charge on any atom is 0.219 e. The Labute approximate surface area is 94.5 Å². The summed E-state index contributed by atoms with van der Waals surface area (Å²) >= 11 is 0. The number of H-pyrrole nitrogens is 1. The third-order valence-electron chi connectivity index (χ3n) is 3.08. The van der Waals surface area contributed by atoms with E-state index in [0.717, 1.165) is 30.9 Å². The molecule has 0 bridgehead atoms. The van der Waals surface area contributed by atoms with Gasteiger partial charge in [0.1, 0.15) is 0 Å². The van der Waals surface area contributed by atoms with Crippen molar-refractivity contribution in [3.05, 3.63) is 17.5 Å². The first-order chi connectivity index (χ1) is 7.70. The van der Waals surface area contributed by atoms with E-state index in [1.165, 1.54) is 0 Å². The fraction of sp³-hybridized carbons (Fsp3) is 0.636. The van der Waals surface area contributed by atoms with Crippen molar-refractivity contribution in [2.45, 2.75) is 25.7 Å². The molecule has 1 aromatic heterocycles. The maximum atomic E-state index is 11.2. The van der Waals surface area contributed by atoms with Crippen molar-refractivity contribution in [1.82, 2.24) is 15.1 Å². The highest BCUT2D eigenvalue weighted by molar-refractivity contribution is 5.73. The first-order valence-electron chi connectivity index (χ1n) is 5.61. The molecule has 5 heteroatoms. The lowest BCUT2D eigenvalue weighted by molar-refractivity contribution is -0.127. The second kappa shape index (κ2) is 4.65. The average molecular weight is 223 g/mol. The molecule has 5 nitrogen and oxygen atoms in total. The van der Waals surface area contributed by atoms with Crippen LogP contribution in [-0.4, -0.2) is 45.8 Å². The van der Waals surface area contributed by atoms with Gasteiger partial charge in [-0.3, -0.25) is 9.89 Å². The number of rotatable bonds is 3. The average Bonchev–Trinajstić information content (AvgIpc) is 2.84. The number of hydrogen-bond acceptors (Lipinski definition) is 3. The fourth-order valence-corrected chi connectivity index (χ4v) is 2.12. The number of likely N-dealkylation sites (tertiary alicyclic amines) is 1. The van der Waals surface area contributed by atoms with Crippen molar-refractivity contribution in [2.75, 3.05) is 19.7 Å². The number of nitrogens with zero attached hydrogens (tertiary/aromatic N) is 2. The molecule has 0 aliphatic carbocycles. The van der Waals surface area contributed by atoms with Gasteiger partial charge in [-0.15, -0.1) is 0 Å². The molecule has 1 saturated heterocycles. The van der Waals surface area contributed by atoms with E-state index in [4.69, 9.17) is 5.11 Å². The summed E-state index contributed by atoms with van der Waals surface area (Å²) in [5, 5.41) is 16.0. The largest absolute Gasteiger partial charge is 0.396 e. The minimum absolute atomic E-state index is 0.131. The highest BCUT2D eigenvalue weighted by Crippen LogP contribution is 2.26. The van der Waals surface area contributed by atoms with Crippen molar-refractivity contribution in [3.8, 4) is 0 Å². The zero-order valence-electron chi connectivity index (χ0n) is 9.44. The van der Waals surface area contributed by atoms with Gasteiger partial charge in [0.05, 0.1) is 5.69 Å². The summed E-state index contributed by atoms with van der Waals surface area (Å²) in [4.78, 5) is 13.0. The first kappa shape index (κ1) is 11.1. The molecule has 0 saturated carbocycles. The zero-order chi connectivity index (χ0) is 11.5. The quantitative estimate of drug-likeness (QED) is 0.773. The normalized spacial score (nSPS) is 20.4. The third kappa shape index (κ3) is 2.24. The van der Waals surface area contributed by atoms with E-state index in [0.29, 0.717) is 12.3 Å². The van der Waals surface area contributed by atoms with Crippen molar-refractivity contribution >= 4 is 5.91 Å². The Kier molecular flexibility index (Phi) is 3.24. The van der Waals surface area contributed by atoms with Crippen LogP contribution in [0.4, 0.5) is 0 Å². The van der Waals surface area contributed by atoms with Crippen LogP contribution in [0.15, 0.2) is 6.07 Å². The summed E-state index contributed by atoms with van der Waals surface area (Å²) in [6.45, 7) is 3.32. The van der Waals surface area contributed by atoms with Gasteiger partial charge in [-0.05, 0) is 12.5 Å². The van der Waals surface area contributed by atoms with Gasteiger partial charge in [-0.1, -0.05) is 0 Å². The zero-order valence-corrected chi connectivity index (χ0v) is 9.44. The summed E-state index contributed by atoms with van der Waals surface area (Å²) < 4.78 is 0. The van der Waals surface area contributed by atoms with Crippen LogP contribution in [0, 0.1) is 0 Å². The molecule has 0 spiro atoms. The van der Waals surface area contributed by atoms with Crippen LogP contribution in [0.1, 0.15) is 30.7 Å². The number of hydrogen-bond donors (Lipinski definition) is 2. The second-order valence-corrected chi connectivity index (χ2v) is 4.24. The Morgan fingerprint density at radius 2 is 2.56 bits per heavy atom. The van der Waals surface area contributed by atoms with Crippen LogP contribution in [0.25, 0.3) is 0 Å². The molecular formula is C11H17N3O2. The smallest absolute Gasteiger partial charge is 0.219 e. The number of carbonyl (C=O) groups is 1. The van der Waals surface area contributed by atoms with Gasteiger partial charge in [-0.25, -0.2) is 0 Å². The second-order valence-electron chi connectivity index (χ2n) is 4.24. The van der Waals surface area contributed by atoms with Gasteiger partial charge in [0.15, 0.2) is 0 Å². The van der Waals surface area contributed by atoms with Gasteiger partial charge in [-0.2, -0.15) is 5.10 Å². The molecule has 2 rings (SSSR count). The third-order valence-corrected chi connectivity index (χ3v) is 3.08. The molecule has 1 unspecified atom stereocenters. The Hall–Kier alpha value is -1.36. The van der Waals surface area contributed by atoms with Crippen molar-refractivity contribution in [1.29, 1.82) is 0 Å². The highest BCUT2D eigenvalue weighted by atomic mass is 16.3. The lowest BCUT2D eigenvalue weighted by Crippen LogP contribution is -2.25. The molecule has 2 N–H and O–H groups in total. The number of nitrogens with one attached hydrogen (secondary N) is 1. The topological polar surface area (TPSA) is 69.2 Å². The standard InChI is InChI=1S/C11H17N3O2/c1-8(16)14-4-2-9(7-14)11-6-10(3-5-15)12-13-11/h6,9,15H,2-5,7H2,1H3,(H,12,13). The summed E-state index contributed by atoms with van der Waals surface area (Å²) in [5.74, 6) is 0.473. The van der Waals surface area contributed by atoms with E-state index in [2.05, 4.69) is 10.2 Å². The molecule has 0 radical (unpaired) electrons. The van der Waals surface area contributed by atoms with Crippen LogP contribution in [0.2, 0.25) is 0 Å². The fourth-order valence-electron chi connectivity index (χ4n) is 2.12. The van der Waals surface area contributed by atoms with Crippen molar-refractivity contribution in [3.63, 3.8) is 0 Å². The van der Waals surface area contributed by atoms with Crippen molar-refractivity contribution in [2.24, 2.45) is 0 Å². The monoisotopic (exact) mass is 223 g/mol. The number of aliphatic hydroxyl groups excluding tert-OH is 1. The molecule has 2 heterocycles. The summed E-state index contributed by atoms with van der Waals surface area (Å²) in [6, 6.07) is 1.99. The summed E-state index contributed by atoms with van der Waals surface area (Å²) in [6.07, 6.45) is 1.58. The molecule has 16 heavy (non-hydrogen) atoms. The van der Waals surface area contributed by atoms with E-state index >= 15 is 0 Å². The Morgan fingerprint density at radius 1 is 1.75 bits per heavy atom. The first-order valence-corrected chi connectivity index (χ1v) is 5.61. The van der Waals surface area contributed by atoms with Crippen LogP contribution < -0.4 is 0 Å². The van der Waals surface area contributed by atoms with E-state index in [1.54, 1.807) is 6.92 Å². The summed E-state index contributed by atoms with van der Waals surface area (Å²) in [5.41, 5.74) is 1.96. The molecule has 0 aromatic carbocycles. The van der Waals surface area contributed by atoms with Crippen molar-refractivity contribution < 1.29 is 9.90 Å². The Morgan fingerprint density at radius 3 is 3.19 bits per heavy atom. The predicted molar refractivity (Wildman–Crippen MR) is 59.0 cm³/mol. The minimum atomic E-state index is 0.131. The Balaban J connectivity index is 2.00. The molecule has 88 valence electrons. The molecule has 1 fully saturated rings. The molecule has 1 atom stereocenters. The number of aromatic nitrogens is 2. The number of carbonyl (C=O) groups excluding carboxylic acids is 1. The van der Waals surface area contributed by atoms with E-state index in [1.807, 2.05) is 11.0 Å². The summed E-state index contributed by atoms with van der Waals surface area (Å²) in [7, 11) is 0. The van der Waals surface area contributed by atoms with Crippen LogP contribution in [0.5, 0.6) is 0 Å².